The second kappa shape index (κ2) is 5.20. The van der Waals surface area contributed by atoms with Crippen LogP contribution >= 0.6 is 0 Å². The van der Waals surface area contributed by atoms with Crippen LogP contribution in [0.2, 0.25) is 0 Å². The zero-order chi connectivity index (χ0) is 15.8. The molecule has 0 spiro atoms. The van der Waals surface area contributed by atoms with Crippen LogP contribution in [-0.4, -0.2) is 26.5 Å². The molecule has 0 atom stereocenters. The number of primary amides is 1. The normalized spacial score (nSPS) is 11.8. The van der Waals surface area contributed by atoms with E-state index < -0.39 is 5.97 Å². The first-order valence-corrected chi connectivity index (χ1v) is 6.72. The van der Waals surface area contributed by atoms with Gasteiger partial charge in [-0.3, -0.25) is 4.79 Å². The molecule has 0 radical (unpaired) electrons. The van der Waals surface area contributed by atoms with Crippen LogP contribution in [0.15, 0.2) is 18.2 Å². The number of aromatic nitrogens is 2. The second-order valence-electron chi connectivity index (χ2n) is 6.06. The maximum Gasteiger partial charge on any atom is 0.335 e. The van der Waals surface area contributed by atoms with Gasteiger partial charge in [0.25, 0.3) is 0 Å². The highest BCUT2D eigenvalue weighted by Crippen LogP contribution is 2.27. The summed E-state index contributed by atoms with van der Waals surface area (Å²) in [5.41, 5.74) is 6.63. The van der Waals surface area contributed by atoms with Gasteiger partial charge in [-0.25, -0.2) is 9.78 Å². The molecule has 0 aliphatic heterocycles. The van der Waals surface area contributed by atoms with Crippen LogP contribution < -0.4 is 5.73 Å². The number of aromatic carboxylic acids is 1. The lowest BCUT2D eigenvalue weighted by atomic mass is 9.95. The molecule has 6 heteroatoms. The van der Waals surface area contributed by atoms with Gasteiger partial charge >= 0.3 is 5.97 Å². The molecular weight excluding hydrogens is 270 g/mol. The molecule has 112 valence electrons. The molecule has 21 heavy (non-hydrogen) atoms. The van der Waals surface area contributed by atoms with Crippen LogP contribution in [0.4, 0.5) is 0 Å². The molecule has 0 fully saturated rings. The van der Waals surface area contributed by atoms with Crippen molar-refractivity contribution in [1.29, 1.82) is 0 Å². The molecule has 0 bridgehead atoms. The van der Waals surface area contributed by atoms with Gasteiger partial charge in [-0.05, 0) is 18.2 Å². The number of nitrogens with two attached hydrogens (primary N) is 1. The summed E-state index contributed by atoms with van der Waals surface area (Å²) in [6, 6.07) is 4.81. The van der Waals surface area contributed by atoms with Crippen LogP contribution in [-0.2, 0) is 16.8 Å². The Kier molecular flexibility index (Phi) is 3.72. The summed E-state index contributed by atoms with van der Waals surface area (Å²) in [4.78, 5) is 26.7. The third-order valence-electron chi connectivity index (χ3n) is 3.25. The number of rotatable bonds is 4. The highest BCUT2D eigenvalue weighted by Gasteiger charge is 2.23. The number of carboxylic acid groups (broad SMARTS) is 1. The Morgan fingerprint density at radius 3 is 2.52 bits per heavy atom. The molecule has 2 rings (SSSR count). The van der Waals surface area contributed by atoms with Crippen molar-refractivity contribution in [3.63, 3.8) is 0 Å². The Balaban J connectivity index is 2.61. The summed E-state index contributed by atoms with van der Waals surface area (Å²) in [5.74, 6) is -0.555. The Bertz CT molecular complexity index is 711. The smallest absolute Gasteiger partial charge is 0.335 e. The molecule has 1 heterocycles. The highest BCUT2D eigenvalue weighted by molar-refractivity contribution is 5.92. The van der Waals surface area contributed by atoms with Crippen molar-refractivity contribution in [2.45, 2.75) is 39.2 Å². The van der Waals surface area contributed by atoms with E-state index in [1.54, 1.807) is 18.2 Å². The molecular formula is C15H19N3O3. The summed E-state index contributed by atoms with van der Waals surface area (Å²) in [6.07, 6.45) is 0.217. The van der Waals surface area contributed by atoms with Gasteiger partial charge in [-0.1, -0.05) is 20.8 Å². The van der Waals surface area contributed by atoms with E-state index in [4.69, 9.17) is 10.8 Å². The summed E-state index contributed by atoms with van der Waals surface area (Å²) in [5, 5.41) is 9.06. The molecule has 6 nitrogen and oxygen atoms in total. The van der Waals surface area contributed by atoms with Gasteiger partial charge < -0.3 is 15.4 Å². The van der Waals surface area contributed by atoms with Gasteiger partial charge in [0.2, 0.25) is 5.91 Å². The summed E-state index contributed by atoms with van der Waals surface area (Å²) in [6.45, 7) is 6.50. The number of imidazole rings is 1. The van der Waals surface area contributed by atoms with Crippen molar-refractivity contribution in [2.75, 3.05) is 0 Å². The van der Waals surface area contributed by atoms with Crippen LogP contribution in [0.25, 0.3) is 11.0 Å². The SMILES string of the molecule is CC(C)(C)c1nc2cc(C(=O)O)ccc2n1CCC(N)=O. The average molecular weight is 289 g/mol. The van der Waals surface area contributed by atoms with E-state index in [9.17, 15) is 9.59 Å². The van der Waals surface area contributed by atoms with Gasteiger partial charge in [0.1, 0.15) is 5.82 Å². The fourth-order valence-corrected chi connectivity index (χ4v) is 2.28. The standard InChI is InChI=1S/C15H19N3O3/c1-15(2,3)14-17-10-8-9(13(20)21)4-5-11(10)18(14)7-6-12(16)19/h4-5,8H,6-7H2,1-3H3,(H2,16,19)(H,20,21). The average Bonchev–Trinajstić information content (AvgIpc) is 2.73. The van der Waals surface area contributed by atoms with E-state index in [2.05, 4.69) is 4.98 Å². The number of hydrogen-bond acceptors (Lipinski definition) is 3. The van der Waals surface area contributed by atoms with Gasteiger partial charge in [0, 0.05) is 18.4 Å². The van der Waals surface area contributed by atoms with E-state index >= 15 is 0 Å². The number of aryl methyl sites for hydroxylation is 1. The van der Waals surface area contributed by atoms with Crippen LogP contribution in [0.5, 0.6) is 0 Å². The largest absolute Gasteiger partial charge is 0.478 e. The minimum atomic E-state index is -0.985. The third kappa shape index (κ3) is 3.04. The number of amides is 1. The van der Waals surface area contributed by atoms with Gasteiger partial charge in [-0.2, -0.15) is 0 Å². The number of nitrogens with zero attached hydrogens (tertiary/aromatic N) is 2. The van der Waals surface area contributed by atoms with Gasteiger partial charge in [0.15, 0.2) is 0 Å². The maximum atomic E-state index is 11.1. The molecule has 0 unspecified atom stereocenters. The Hall–Kier alpha value is -2.37. The predicted octanol–water partition coefficient (Wildman–Crippen LogP) is 1.91. The molecule has 2 aromatic rings. The predicted molar refractivity (Wildman–Crippen MR) is 79.2 cm³/mol. The van der Waals surface area contributed by atoms with Crippen LogP contribution in [0, 0.1) is 0 Å². The first-order chi connectivity index (χ1) is 9.70. The first kappa shape index (κ1) is 15.0. The van der Waals surface area contributed by atoms with Gasteiger partial charge in [-0.15, -0.1) is 0 Å². The lowest BCUT2D eigenvalue weighted by Crippen LogP contribution is -2.21. The Morgan fingerprint density at radius 1 is 1.33 bits per heavy atom. The number of hydrogen-bond donors (Lipinski definition) is 2. The summed E-state index contributed by atoms with van der Waals surface area (Å²) < 4.78 is 1.94. The van der Waals surface area contributed by atoms with Crippen LogP contribution in [0.1, 0.15) is 43.4 Å². The van der Waals surface area contributed by atoms with Crippen molar-refractivity contribution in [1.82, 2.24) is 9.55 Å². The number of carbonyl (C=O) groups is 2. The van der Waals surface area contributed by atoms with Crippen molar-refractivity contribution < 1.29 is 14.7 Å². The molecule has 1 aromatic carbocycles. The Labute approximate surface area is 122 Å². The van der Waals surface area contributed by atoms with Crippen molar-refractivity contribution >= 4 is 22.9 Å². The van der Waals surface area contributed by atoms with Gasteiger partial charge in [0.05, 0.1) is 16.6 Å². The topological polar surface area (TPSA) is 98.2 Å². The fraction of sp³-hybridized carbons (Fsp3) is 0.400. The Morgan fingerprint density at radius 2 is 2.00 bits per heavy atom. The lowest BCUT2D eigenvalue weighted by Gasteiger charge is -2.19. The van der Waals surface area contributed by atoms with E-state index in [-0.39, 0.29) is 23.3 Å². The quantitative estimate of drug-likeness (QED) is 0.898. The zero-order valence-corrected chi connectivity index (χ0v) is 12.4. The van der Waals surface area contributed by atoms with E-state index in [1.807, 2.05) is 25.3 Å². The van der Waals surface area contributed by atoms with Crippen molar-refractivity contribution in [2.24, 2.45) is 5.73 Å². The molecule has 0 aliphatic carbocycles. The second-order valence-corrected chi connectivity index (χ2v) is 6.06. The van der Waals surface area contributed by atoms with E-state index in [0.29, 0.717) is 12.1 Å². The van der Waals surface area contributed by atoms with Crippen LogP contribution in [0.3, 0.4) is 0 Å². The zero-order valence-electron chi connectivity index (χ0n) is 12.4. The van der Waals surface area contributed by atoms with E-state index in [1.165, 1.54) is 0 Å². The molecule has 3 N–H and O–H groups in total. The molecule has 0 saturated carbocycles. The first-order valence-electron chi connectivity index (χ1n) is 6.72. The summed E-state index contributed by atoms with van der Waals surface area (Å²) >= 11 is 0. The molecule has 1 aromatic heterocycles. The van der Waals surface area contributed by atoms with Crippen molar-refractivity contribution in [3.8, 4) is 0 Å². The highest BCUT2D eigenvalue weighted by atomic mass is 16.4. The number of carbonyl (C=O) groups excluding carboxylic acids is 1. The fourth-order valence-electron chi connectivity index (χ4n) is 2.28. The molecule has 1 amide bonds. The number of fused-ring (bicyclic) bond motifs is 1. The van der Waals surface area contributed by atoms with E-state index in [0.717, 1.165) is 11.3 Å². The minimum Gasteiger partial charge on any atom is -0.478 e. The monoisotopic (exact) mass is 289 g/mol. The number of carboxylic acids is 1. The molecule has 0 aliphatic rings. The number of benzene rings is 1. The maximum absolute atomic E-state index is 11.1. The molecule has 0 saturated heterocycles. The minimum absolute atomic E-state index is 0.197. The third-order valence-corrected chi connectivity index (χ3v) is 3.25. The lowest BCUT2D eigenvalue weighted by molar-refractivity contribution is -0.118. The van der Waals surface area contributed by atoms with Crippen molar-refractivity contribution in [3.05, 3.63) is 29.6 Å². The summed E-state index contributed by atoms with van der Waals surface area (Å²) in [7, 11) is 0.